The van der Waals surface area contributed by atoms with Gasteiger partial charge >= 0.3 is 0 Å². The maximum Gasteiger partial charge on any atom is 0.237 e. The highest BCUT2D eigenvalue weighted by atomic mass is 16.5. The third kappa shape index (κ3) is 2.67. The first-order valence-corrected chi connectivity index (χ1v) is 4.64. The summed E-state index contributed by atoms with van der Waals surface area (Å²) in [7, 11) is 1.78. The molecule has 0 spiro atoms. The highest BCUT2D eigenvalue weighted by Gasteiger charge is 2.32. The van der Waals surface area contributed by atoms with Gasteiger partial charge in [0.2, 0.25) is 5.91 Å². The zero-order chi connectivity index (χ0) is 9.90. The van der Waals surface area contributed by atoms with E-state index < -0.39 is 0 Å². The van der Waals surface area contributed by atoms with Gasteiger partial charge in [0.25, 0.3) is 0 Å². The summed E-state index contributed by atoms with van der Waals surface area (Å²) in [6, 6.07) is -0.141. The van der Waals surface area contributed by atoms with Crippen LogP contribution in [0.3, 0.4) is 0 Å². The van der Waals surface area contributed by atoms with E-state index in [1.165, 1.54) is 0 Å². The molecule has 0 radical (unpaired) electrons. The van der Waals surface area contributed by atoms with Crippen molar-refractivity contribution in [3.05, 3.63) is 0 Å². The molecule has 0 aliphatic carbocycles. The van der Waals surface area contributed by atoms with Crippen LogP contribution in [-0.2, 0) is 9.53 Å². The predicted octanol–water partition coefficient (Wildman–Crippen LogP) is -0.111. The fourth-order valence-electron chi connectivity index (χ4n) is 1.30. The summed E-state index contributed by atoms with van der Waals surface area (Å²) in [5, 5.41) is 5.88. The molecule has 76 valence electrons. The monoisotopic (exact) mass is 186 g/mol. The van der Waals surface area contributed by atoms with Crippen LogP contribution < -0.4 is 10.6 Å². The second-order valence-corrected chi connectivity index (χ2v) is 3.86. The van der Waals surface area contributed by atoms with E-state index >= 15 is 0 Å². The van der Waals surface area contributed by atoms with Crippen molar-refractivity contribution in [1.82, 2.24) is 10.6 Å². The van der Waals surface area contributed by atoms with Crippen molar-refractivity contribution in [2.45, 2.75) is 31.8 Å². The Balaban J connectivity index is 2.43. The van der Waals surface area contributed by atoms with Crippen LogP contribution in [0.2, 0.25) is 0 Å². The summed E-state index contributed by atoms with van der Waals surface area (Å²) in [5.74, 6) is 0.0375. The number of ether oxygens (including phenoxy) is 1. The molecule has 2 N–H and O–H groups in total. The van der Waals surface area contributed by atoms with Crippen LogP contribution in [-0.4, -0.2) is 37.7 Å². The summed E-state index contributed by atoms with van der Waals surface area (Å²) in [6.07, 6.45) is 0.898. The van der Waals surface area contributed by atoms with E-state index in [0.29, 0.717) is 6.61 Å². The lowest BCUT2D eigenvalue weighted by Gasteiger charge is -2.25. The van der Waals surface area contributed by atoms with Gasteiger partial charge in [-0.3, -0.25) is 4.79 Å². The molecule has 0 bridgehead atoms. The van der Waals surface area contributed by atoms with E-state index in [0.717, 1.165) is 13.0 Å². The van der Waals surface area contributed by atoms with Gasteiger partial charge in [-0.05, 0) is 27.3 Å². The minimum Gasteiger partial charge on any atom is -0.379 e. The lowest BCUT2D eigenvalue weighted by Crippen LogP contribution is -2.52. The van der Waals surface area contributed by atoms with Crippen LogP contribution >= 0.6 is 0 Å². The highest BCUT2D eigenvalue weighted by molar-refractivity contribution is 5.82. The Hall–Kier alpha value is -0.610. The van der Waals surface area contributed by atoms with Gasteiger partial charge in [-0.1, -0.05) is 0 Å². The molecule has 1 saturated heterocycles. The summed E-state index contributed by atoms with van der Waals surface area (Å²) in [5.41, 5.74) is -0.164. The lowest BCUT2D eigenvalue weighted by atomic mass is 10.0. The largest absolute Gasteiger partial charge is 0.379 e. The standard InChI is InChI=1S/C9H18N2O2/c1-7(10-3)8(12)11-9(2)4-5-13-6-9/h7,10H,4-6H2,1-3H3,(H,11,12). The third-order valence-electron chi connectivity index (χ3n) is 2.47. The molecule has 1 fully saturated rings. The van der Waals surface area contributed by atoms with E-state index in [1.54, 1.807) is 7.05 Å². The summed E-state index contributed by atoms with van der Waals surface area (Å²) in [6.45, 7) is 5.22. The molecule has 0 saturated carbocycles. The van der Waals surface area contributed by atoms with Crippen LogP contribution in [0.4, 0.5) is 0 Å². The van der Waals surface area contributed by atoms with E-state index in [-0.39, 0.29) is 17.5 Å². The quantitative estimate of drug-likeness (QED) is 0.646. The molecule has 1 aliphatic heterocycles. The first-order valence-electron chi connectivity index (χ1n) is 4.64. The van der Waals surface area contributed by atoms with Crippen LogP contribution in [0.5, 0.6) is 0 Å². The Kier molecular flexibility index (Phi) is 3.27. The highest BCUT2D eigenvalue weighted by Crippen LogP contribution is 2.17. The summed E-state index contributed by atoms with van der Waals surface area (Å²) >= 11 is 0. The number of carbonyl (C=O) groups is 1. The first-order chi connectivity index (χ1) is 6.07. The average molecular weight is 186 g/mol. The van der Waals surface area contributed by atoms with E-state index in [2.05, 4.69) is 10.6 Å². The number of carbonyl (C=O) groups excluding carboxylic acids is 1. The zero-order valence-electron chi connectivity index (χ0n) is 8.52. The van der Waals surface area contributed by atoms with Crippen molar-refractivity contribution in [2.24, 2.45) is 0 Å². The Morgan fingerprint density at radius 2 is 2.31 bits per heavy atom. The Labute approximate surface area is 79.0 Å². The minimum absolute atomic E-state index is 0.0375. The van der Waals surface area contributed by atoms with Gasteiger partial charge in [-0.2, -0.15) is 0 Å². The van der Waals surface area contributed by atoms with Gasteiger partial charge in [-0.25, -0.2) is 0 Å². The normalized spacial score (nSPS) is 30.1. The molecule has 13 heavy (non-hydrogen) atoms. The fourth-order valence-corrected chi connectivity index (χ4v) is 1.30. The van der Waals surface area contributed by atoms with Gasteiger partial charge in [-0.15, -0.1) is 0 Å². The van der Waals surface area contributed by atoms with Gasteiger partial charge in [0.15, 0.2) is 0 Å². The van der Waals surface area contributed by atoms with Crippen molar-refractivity contribution in [1.29, 1.82) is 0 Å². The summed E-state index contributed by atoms with van der Waals surface area (Å²) in [4.78, 5) is 11.5. The molecule has 0 aromatic carbocycles. The Bertz CT molecular complexity index is 188. The van der Waals surface area contributed by atoms with Crippen molar-refractivity contribution in [3.63, 3.8) is 0 Å². The summed E-state index contributed by atoms with van der Waals surface area (Å²) < 4.78 is 5.24. The maximum atomic E-state index is 11.5. The van der Waals surface area contributed by atoms with Crippen molar-refractivity contribution in [2.75, 3.05) is 20.3 Å². The van der Waals surface area contributed by atoms with Crippen LogP contribution in [0.15, 0.2) is 0 Å². The average Bonchev–Trinajstić information content (AvgIpc) is 2.50. The van der Waals surface area contributed by atoms with Gasteiger partial charge < -0.3 is 15.4 Å². The van der Waals surface area contributed by atoms with Crippen molar-refractivity contribution < 1.29 is 9.53 Å². The Morgan fingerprint density at radius 1 is 1.62 bits per heavy atom. The van der Waals surface area contributed by atoms with Crippen LogP contribution in [0.1, 0.15) is 20.3 Å². The SMILES string of the molecule is CNC(C)C(=O)NC1(C)CCOC1. The van der Waals surface area contributed by atoms with E-state index in [1.807, 2.05) is 13.8 Å². The topological polar surface area (TPSA) is 50.4 Å². The zero-order valence-corrected chi connectivity index (χ0v) is 8.52. The molecular weight excluding hydrogens is 168 g/mol. The molecule has 1 heterocycles. The molecule has 1 aliphatic rings. The molecule has 4 heteroatoms. The van der Waals surface area contributed by atoms with Crippen molar-refractivity contribution >= 4 is 5.91 Å². The number of hydrogen-bond acceptors (Lipinski definition) is 3. The molecule has 1 rings (SSSR count). The number of rotatable bonds is 3. The second-order valence-electron chi connectivity index (χ2n) is 3.86. The molecule has 2 atom stereocenters. The third-order valence-corrected chi connectivity index (χ3v) is 2.47. The van der Waals surface area contributed by atoms with Crippen LogP contribution in [0.25, 0.3) is 0 Å². The van der Waals surface area contributed by atoms with Crippen LogP contribution in [0, 0.1) is 0 Å². The van der Waals surface area contributed by atoms with Gasteiger partial charge in [0.1, 0.15) is 0 Å². The fraction of sp³-hybridized carbons (Fsp3) is 0.889. The molecule has 0 aromatic rings. The minimum atomic E-state index is -0.164. The molecule has 0 aromatic heterocycles. The van der Waals surface area contributed by atoms with E-state index in [9.17, 15) is 4.79 Å². The van der Waals surface area contributed by atoms with Gasteiger partial charge in [0, 0.05) is 6.61 Å². The molecule has 1 amide bonds. The molecule has 2 unspecified atom stereocenters. The van der Waals surface area contributed by atoms with E-state index in [4.69, 9.17) is 4.74 Å². The first kappa shape index (κ1) is 10.5. The predicted molar refractivity (Wildman–Crippen MR) is 50.5 cm³/mol. The number of amides is 1. The number of nitrogens with one attached hydrogen (secondary N) is 2. The smallest absolute Gasteiger partial charge is 0.237 e. The maximum absolute atomic E-state index is 11.5. The number of likely N-dealkylation sites (N-methyl/N-ethyl adjacent to an activating group) is 1. The number of hydrogen-bond donors (Lipinski definition) is 2. The molecular formula is C9H18N2O2. The van der Waals surface area contributed by atoms with Gasteiger partial charge in [0.05, 0.1) is 18.2 Å². The second kappa shape index (κ2) is 4.07. The molecule has 4 nitrogen and oxygen atoms in total. The van der Waals surface area contributed by atoms with Crippen molar-refractivity contribution in [3.8, 4) is 0 Å². The lowest BCUT2D eigenvalue weighted by molar-refractivity contribution is -0.124. The Morgan fingerprint density at radius 3 is 2.77 bits per heavy atom.